The van der Waals surface area contributed by atoms with Crippen molar-refractivity contribution in [2.75, 3.05) is 0 Å². The van der Waals surface area contributed by atoms with Gasteiger partial charge in [0.25, 0.3) is 0 Å². The first-order chi connectivity index (χ1) is 27.7. The summed E-state index contributed by atoms with van der Waals surface area (Å²) in [5, 5.41) is 2.85. The molecule has 0 amide bonds. The number of allylic oxidation sites excluding steroid dienone is 3. The predicted molar refractivity (Wildman–Crippen MR) is 236 cm³/mol. The van der Waals surface area contributed by atoms with Crippen LogP contribution in [0, 0.1) is 0 Å². The summed E-state index contributed by atoms with van der Waals surface area (Å²) in [5.74, 6) is 2.29. The molecule has 3 nitrogen and oxygen atoms in total. The first-order valence-corrected chi connectivity index (χ1v) is 20.6. The molecule has 0 fully saturated rings. The SMILES string of the molecule is C1=CC2c3cccc(-c4cc(-c5ccccc5)cc5c4sc4ccccc45)c3SC2C=C1c1nc(-c2ccccc2)nc(-c2ccc(-c3ccccc3)cc2)n1. The first kappa shape index (κ1) is 33.0. The van der Waals surface area contributed by atoms with Gasteiger partial charge in [0.15, 0.2) is 17.5 Å². The van der Waals surface area contributed by atoms with E-state index in [4.69, 9.17) is 15.0 Å². The number of benzene rings is 7. The van der Waals surface area contributed by atoms with E-state index in [1.165, 1.54) is 58.4 Å². The molecule has 11 rings (SSSR count). The lowest BCUT2D eigenvalue weighted by molar-refractivity contribution is 0.881. The molecule has 0 N–H and O–H groups in total. The van der Waals surface area contributed by atoms with Crippen LogP contribution in [0.25, 0.3) is 81.9 Å². The Morgan fingerprint density at radius 3 is 1.77 bits per heavy atom. The quantitative estimate of drug-likeness (QED) is 0.170. The van der Waals surface area contributed by atoms with Crippen molar-refractivity contribution >= 4 is 48.8 Å². The number of nitrogens with zero attached hydrogens (tertiary/aromatic N) is 3. The highest BCUT2D eigenvalue weighted by atomic mass is 32.2. The summed E-state index contributed by atoms with van der Waals surface area (Å²) in [7, 11) is 0. The van der Waals surface area contributed by atoms with Crippen LogP contribution in [0.1, 0.15) is 17.3 Å². The summed E-state index contributed by atoms with van der Waals surface area (Å²) in [6, 6.07) is 60.4. The molecule has 2 aromatic heterocycles. The Bertz CT molecular complexity index is 2990. The van der Waals surface area contributed by atoms with Crippen molar-refractivity contribution in [3.8, 4) is 56.2 Å². The van der Waals surface area contributed by atoms with Crippen molar-refractivity contribution in [1.29, 1.82) is 0 Å². The summed E-state index contributed by atoms with van der Waals surface area (Å²) in [6.07, 6.45) is 6.95. The van der Waals surface area contributed by atoms with Crippen molar-refractivity contribution in [2.24, 2.45) is 0 Å². The largest absolute Gasteiger partial charge is 0.208 e. The summed E-state index contributed by atoms with van der Waals surface area (Å²) in [6.45, 7) is 0. The van der Waals surface area contributed by atoms with Crippen LogP contribution >= 0.6 is 23.1 Å². The van der Waals surface area contributed by atoms with Crippen LogP contribution in [0.5, 0.6) is 0 Å². The Morgan fingerprint density at radius 1 is 0.446 bits per heavy atom. The number of hydrogen-bond donors (Lipinski definition) is 0. The topological polar surface area (TPSA) is 38.7 Å². The van der Waals surface area contributed by atoms with Crippen molar-refractivity contribution in [3.63, 3.8) is 0 Å². The zero-order valence-electron chi connectivity index (χ0n) is 30.2. The molecule has 3 heterocycles. The minimum atomic E-state index is 0.215. The van der Waals surface area contributed by atoms with Crippen LogP contribution < -0.4 is 0 Å². The molecular formula is C51H33N3S2. The highest BCUT2D eigenvalue weighted by Gasteiger charge is 2.35. The molecule has 9 aromatic rings. The average Bonchev–Trinajstić information content (AvgIpc) is 3.85. The summed E-state index contributed by atoms with van der Waals surface area (Å²) < 4.78 is 2.65. The highest BCUT2D eigenvalue weighted by Crippen LogP contribution is 2.54. The van der Waals surface area contributed by atoms with Gasteiger partial charge in [-0.25, -0.2) is 15.0 Å². The maximum atomic E-state index is 5.13. The van der Waals surface area contributed by atoms with Crippen LogP contribution in [-0.4, -0.2) is 20.2 Å². The molecule has 0 spiro atoms. The standard InChI is InChI=1S/C51H33N3S2/c1-4-13-32(14-5-1)34-23-25-36(26-24-34)50-52-49(35-17-8-3-9-18-35)53-51(54-50)37-27-28-40-41-20-12-21-42(47(41)56-46(40)31-37)44-30-38(33-15-6-2-7-16-33)29-43-39-19-10-11-22-45(39)55-48(43)44/h1-31,40,46H. The average molecular weight is 752 g/mol. The first-order valence-electron chi connectivity index (χ1n) is 18.9. The second kappa shape index (κ2) is 13.7. The van der Waals surface area contributed by atoms with Crippen LogP contribution in [-0.2, 0) is 0 Å². The van der Waals surface area contributed by atoms with Crippen molar-refractivity contribution in [2.45, 2.75) is 16.1 Å². The summed E-state index contributed by atoms with van der Waals surface area (Å²) in [5.41, 5.74) is 11.7. The van der Waals surface area contributed by atoms with Gasteiger partial charge in [0, 0.05) is 58.5 Å². The van der Waals surface area contributed by atoms with E-state index in [-0.39, 0.29) is 11.2 Å². The Morgan fingerprint density at radius 2 is 1.04 bits per heavy atom. The van der Waals surface area contributed by atoms with Gasteiger partial charge in [-0.05, 0) is 51.6 Å². The molecule has 1 aliphatic heterocycles. The Labute approximate surface area is 333 Å². The number of thiophene rings is 1. The summed E-state index contributed by atoms with van der Waals surface area (Å²) in [4.78, 5) is 16.6. The lowest BCUT2D eigenvalue weighted by Gasteiger charge is -2.19. The number of thioether (sulfide) groups is 1. The highest BCUT2D eigenvalue weighted by molar-refractivity contribution is 8.00. The van der Waals surface area contributed by atoms with Gasteiger partial charge in [-0.1, -0.05) is 170 Å². The minimum absolute atomic E-state index is 0.215. The third-order valence-corrected chi connectivity index (χ3v) is 13.5. The molecule has 0 bridgehead atoms. The monoisotopic (exact) mass is 751 g/mol. The van der Waals surface area contributed by atoms with E-state index in [0.717, 1.165) is 22.3 Å². The smallest absolute Gasteiger partial charge is 0.164 e. The molecule has 0 saturated carbocycles. The Kier molecular flexibility index (Phi) is 8.08. The van der Waals surface area contributed by atoms with Gasteiger partial charge in [0.05, 0.1) is 0 Å². The minimum Gasteiger partial charge on any atom is -0.208 e. The van der Waals surface area contributed by atoms with Crippen LogP contribution in [0.2, 0.25) is 0 Å². The zero-order valence-corrected chi connectivity index (χ0v) is 31.8. The number of hydrogen-bond acceptors (Lipinski definition) is 5. The number of aromatic nitrogens is 3. The number of fused-ring (bicyclic) bond motifs is 6. The molecule has 2 atom stereocenters. The predicted octanol–water partition coefficient (Wildman–Crippen LogP) is 13.8. The number of rotatable bonds is 6. The van der Waals surface area contributed by atoms with Gasteiger partial charge >= 0.3 is 0 Å². The maximum Gasteiger partial charge on any atom is 0.164 e. The van der Waals surface area contributed by atoms with Gasteiger partial charge in [-0.3, -0.25) is 0 Å². The summed E-state index contributed by atoms with van der Waals surface area (Å²) >= 11 is 3.86. The molecule has 0 radical (unpaired) electrons. The van der Waals surface area contributed by atoms with E-state index < -0.39 is 0 Å². The van der Waals surface area contributed by atoms with Crippen LogP contribution in [0.4, 0.5) is 0 Å². The van der Waals surface area contributed by atoms with Gasteiger partial charge in [0.1, 0.15) is 0 Å². The third kappa shape index (κ3) is 5.79. The van der Waals surface area contributed by atoms with E-state index in [1.54, 1.807) is 0 Å². The fraction of sp³-hybridized carbons (Fsp3) is 0.0392. The van der Waals surface area contributed by atoms with E-state index in [2.05, 4.69) is 164 Å². The molecular weight excluding hydrogens is 719 g/mol. The third-order valence-electron chi connectivity index (χ3n) is 10.9. The van der Waals surface area contributed by atoms with Crippen LogP contribution in [0.3, 0.4) is 0 Å². The van der Waals surface area contributed by atoms with Crippen molar-refractivity contribution in [1.82, 2.24) is 15.0 Å². The van der Waals surface area contributed by atoms with Crippen molar-refractivity contribution < 1.29 is 0 Å². The van der Waals surface area contributed by atoms with E-state index >= 15 is 0 Å². The fourth-order valence-corrected chi connectivity index (χ4v) is 10.8. The van der Waals surface area contributed by atoms with Gasteiger partial charge in [-0.15, -0.1) is 23.1 Å². The molecule has 2 unspecified atom stereocenters. The van der Waals surface area contributed by atoms with Crippen LogP contribution in [0.15, 0.2) is 193 Å². The molecule has 0 saturated heterocycles. The molecule has 7 aromatic carbocycles. The van der Waals surface area contributed by atoms with Gasteiger partial charge < -0.3 is 0 Å². The lowest BCUT2D eigenvalue weighted by atomic mass is 9.87. The van der Waals surface area contributed by atoms with Crippen molar-refractivity contribution in [3.05, 3.63) is 199 Å². The maximum absolute atomic E-state index is 5.13. The zero-order chi connectivity index (χ0) is 37.0. The van der Waals surface area contributed by atoms with E-state index in [9.17, 15) is 0 Å². The molecule has 1 aliphatic carbocycles. The van der Waals surface area contributed by atoms with Gasteiger partial charge in [0.2, 0.25) is 0 Å². The van der Waals surface area contributed by atoms with E-state index in [0.29, 0.717) is 17.5 Å². The second-order valence-electron chi connectivity index (χ2n) is 14.3. The molecule has 5 heteroatoms. The lowest BCUT2D eigenvalue weighted by Crippen LogP contribution is -2.11. The molecule has 56 heavy (non-hydrogen) atoms. The Balaban J connectivity index is 0.993. The molecule has 2 aliphatic rings. The molecule has 264 valence electrons. The normalized spacial score (nSPS) is 15.8. The fourth-order valence-electron chi connectivity index (χ4n) is 8.10. The second-order valence-corrected chi connectivity index (χ2v) is 16.5. The van der Waals surface area contributed by atoms with Gasteiger partial charge in [-0.2, -0.15) is 0 Å². The Hall–Kier alpha value is -6.40. The van der Waals surface area contributed by atoms with E-state index in [1.807, 2.05) is 47.4 Å².